The fraction of sp³-hybridized carbons (Fsp3) is 0.588. The summed E-state index contributed by atoms with van der Waals surface area (Å²) >= 11 is 3.47. The molecule has 1 aromatic carbocycles. The Bertz CT molecular complexity index is 534. The van der Waals surface area contributed by atoms with Crippen LogP contribution in [0.3, 0.4) is 0 Å². The Morgan fingerprint density at radius 3 is 2.57 bits per heavy atom. The van der Waals surface area contributed by atoms with Crippen LogP contribution in [0.5, 0.6) is 0 Å². The summed E-state index contributed by atoms with van der Waals surface area (Å²) in [5.41, 5.74) is 1.88. The molecule has 2 heterocycles. The smallest absolute Gasteiger partial charge is 0.254 e. The highest BCUT2D eigenvalue weighted by Crippen LogP contribution is 2.30. The van der Waals surface area contributed by atoms with E-state index in [1.165, 1.54) is 12.8 Å². The number of amides is 1. The number of carbonyl (C=O) groups excluding carboxylic acids is 1. The molecular formula is C17H23BrN2O. The maximum absolute atomic E-state index is 12.9. The van der Waals surface area contributed by atoms with Crippen molar-refractivity contribution in [2.24, 2.45) is 0 Å². The Hall–Kier alpha value is -0.870. The van der Waals surface area contributed by atoms with Gasteiger partial charge in [0.25, 0.3) is 5.91 Å². The summed E-state index contributed by atoms with van der Waals surface area (Å²) in [6.45, 7) is 4.90. The molecule has 4 heteroatoms. The topological polar surface area (TPSA) is 32.3 Å². The van der Waals surface area contributed by atoms with Crippen LogP contribution in [0.2, 0.25) is 0 Å². The number of nitrogens with zero attached hydrogens (tertiary/aromatic N) is 1. The number of rotatable bonds is 3. The summed E-state index contributed by atoms with van der Waals surface area (Å²) in [6, 6.07) is 7.54. The molecule has 0 radical (unpaired) electrons. The Balaban J connectivity index is 1.80. The van der Waals surface area contributed by atoms with Crippen molar-refractivity contribution in [1.29, 1.82) is 0 Å². The molecule has 2 fully saturated rings. The van der Waals surface area contributed by atoms with Crippen LogP contribution in [0.15, 0.2) is 22.7 Å². The number of fused-ring (bicyclic) bond motifs is 2. The first-order valence-corrected chi connectivity index (χ1v) is 8.71. The molecule has 2 aliphatic heterocycles. The number of piperidine rings is 1. The van der Waals surface area contributed by atoms with Gasteiger partial charge in [0, 0.05) is 34.7 Å². The average molecular weight is 351 g/mol. The van der Waals surface area contributed by atoms with Crippen LogP contribution in [0, 0.1) is 6.92 Å². The molecule has 2 saturated heterocycles. The van der Waals surface area contributed by atoms with Crippen LogP contribution in [0.4, 0.5) is 0 Å². The summed E-state index contributed by atoms with van der Waals surface area (Å²) in [5.74, 6) is 0.189. The zero-order chi connectivity index (χ0) is 15.0. The molecule has 3 rings (SSSR count). The first-order valence-electron chi connectivity index (χ1n) is 7.91. The predicted molar refractivity (Wildman–Crippen MR) is 88.6 cm³/mol. The van der Waals surface area contributed by atoms with E-state index in [1.54, 1.807) is 0 Å². The van der Waals surface area contributed by atoms with Crippen molar-refractivity contribution < 1.29 is 4.79 Å². The molecule has 1 aromatic rings. The van der Waals surface area contributed by atoms with Gasteiger partial charge in [0.15, 0.2) is 0 Å². The highest BCUT2D eigenvalue weighted by atomic mass is 79.9. The molecule has 2 bridgehead atoms. The van der Waals surface area contributed by atoms with E-state index in [0.29, 0.717) is 18.1 Å². The van der Waals surface area contributed by atoms with E-state index in [4.69, 9.17) is 0 Å². The SMILES string of the molecule is CCN(C(=O)c1ccc(Br)cc1C)C1CC2CCC(C1)N2. The van der Waals surface area contributed by atoms with Crippen molar-refractivity contribution in [3.8, 4) is 0 Å². The van der Waals surface area contributed by atoms with Gasteiger partial charge in [0.2, 0.25) is 0 Å². The van der Waals surface area contributed by atoms with Gasteiger partial charge in [-0.3, -0.25) is 4.79 Å². The summed E-state index contributed by atoms with van der Waals surface area (Å²) in [4.78, 5) is 15.0. The zero-order valence-electron chi connectivity index (χ0n) is 12.7. The van der Waals surface area contributed by atoms with E-state index in [0.717, 1.165) is 35.0 Å². The lowest BCUT2D eigenvalue weighted by Crippen LogP contribution is -2.50. The normalized spacial score (nSPS) is 27.7. The number of nitrogens with one attached hydrogen (secondary N) is 1. The number of carbonyl (C=O) groups is 1. The Morgan fingerprint density at radius 2 is 2.00 bits per heavy atom. The number of benzene rings is 1. The van der Waals surface area contributed by atoms with E-state index in [2.05, 4.69) is 33.1 Å². The van der Waals surface area contributed by atoms with E-state index >= 15 is 0 Å². The highest BCUT2D eigenvalue weighted by Gasteiger charge is 2.37. The molecular weight excluding hydrogens is 328 g/mol. The van der Waals surface area contributed by atoms with Gasteiger partial charge in [-0.25, -0.2) is 0 Å². The molecule has 2 atom stereocenters. The van der Waals surface area contributed by atoms with Crippen molar-refractivity contribution in [1.82, 2.24) is 10.2 Å². The van der Waals surface area contributed by atoms with Crippen molar-refractivity contribution in [3.63, 3.8) is 0 Å². The second-order valence-corrected chi connectivity index (χ2v) is 7.23. The first kappa shape index (κ1) is 15.0. The molecule has 2 unspecified atom stereocenters. The molecule has 3 nitrogen and oxygen atoms in total. The van der Waals surface area contributed by atoms with Gasteiger partial charge in [-0.1, -0.05) is 15.9 Å². The van der Waals surface area contributed by atoms with Crippen LogP contribution in [0.25, 0.3) is 0 Å². The lowest BCUT2D eigenvalue weighted by Gasteiger charge is -2.37. The second-order valence-electron chi connectivity index (χ2n) is 6.31. The Labute approximate surface area is 135 Å². The number of hydrogen-bond donors (Lipinski definition) is 1. The highest BCUT2D eigenvalue weighted by molar-refractivity contribution is 9.10. The molecule has 0 saturated carbocycles. The maximum Gasteiger partial charge on any atom is 0.254 e. The first-order chi connectivity index (χ1) is 10.1. The van der Waals surface area contributed by atoms with Crippen LogP contribution < -0.4 is 5.32 Å². The minimum absolute atomic E-state index is 0.189. The van der Waals surface area contributed by atoms with Crippen LogP contribution in [-0.2, 0) is 0 Å². The fourth-order valence-corrected chi connectivity index (χ4v) is 4.35. The third kappa shape index (κ3) is 3.02. The third-order valence-corrected chi connectivity index (χ3v) is 5.40. The van der Waals surface area contributed by atoms with Gasteiger partial charge in [0.05, 0.1) is 0 Å². The fourth-order valence-electron chi connectivity index (χ4n) is 3.87. The van der Waals surface area contributed by atoms with Crippen molar-refractivity contribution in [3.05, 3.63) is 33.8 Å². The number of halogens is 1. The van der Waals surface area contributed by atoms with Crippen molar-refractivity contribution in [2.75, 3.05) is 6.54 Å². The van der Waals surface area contributed by atoms with E-state index in [9.17, 15) is 4.79 Å². The summed E-state index contributed by atoms with van der Waals surface area (Å²) in [7, 11) is 0. The van der Waals surface area contributed by atoms with Gasteiger partial charge >= 0.3 is 0 Å². The minimum Gasteiger partial charge on any atom is -0.336 e. The van der Waals surface area contributed by atoms with E-state index in [1.807, 2.05) is 25.1 Å². The lowest BCUT2D eigenvalue weighted by molar-refractivity contribution is 0.0630. The quantitative estimate of drug-likeness (QED) is 0.904. The Kier molecular flexibility index (Phi) is 4.36. The Morgan fingerprint density at radius 1 is 1.33 bits per heavy atom. The maximum atomic E-state index is 12.9. The van der Waals surface area contributed by atoms with Gasteiger partial charge in [-0.15, -0.1) is 0 Å². The summed E-state index contributed by atoms with van der Waals surface area (Å²) < 4.78 is 1.03. The molecule has 0 aromatic heterocycles. The average Bonchev–Trinajstić information content (AvgIpc) is 2.78. The zero-order valence-corrected chi connectivity index (χ0v) is 14.3. The van der Waals surface area contributed by atoms with Gasteiger partial charge in [-0.05, 0) is 63.3 Å². The molecule has 1 amide bonds. The predicted octanol–water partition coefficient (Wildman–Crippen LogP) is 3.50. The van der Waals surface area contributed by atoms with Gasteiger partial charge in [0.1, 0.15) is 0 Å². The summed E-state index contributed by atoms with van der Waals surface area (Å²) in [6.07, 6.45) is 4.74. The lowest BCUT2D eigenvalue weighted by atomic mass is 9.97. The number of hydrogen-bond acceptors (Lipinski definition) is 2. The van der Waals surface area contributed by atoms with Gasteiger partial charge < -0.3 is 10.2 Å². The molecule has 114 valence electrons. The summed E-state index contributed by atoms with van der Waals surface area (Å²) in [5, 5.41) is 3.65. The van der Waals surface area contributed by atoms with Crippen LogP contribution >= 0.6 is 15.9 Å². The standard InChI is InChI=1S/C17H23BrN2O/c1-3-20(15-9-13-5-6-14(10-15)19-13)17(21)16-7-4-12(18)8-11(16)2/h4,7-8,13-15,19H,3,5-6,9-10H2,1-2H3. The second kappa shape index (κ2) is 6.09. The van der Waals surface area contributed by atoms with Gasteiger partial charge in [-0.2, -0.15) is 0 Å². The van der Waals surface area contributed by atoms with Crippen LogP contribution in [0.1, 0.15) is 48.5 Å². The van der Waals surface area contributed by atoms with Crippen LogP contribution in [-0.4, -0.2) is 35.5 Å². The van der Waals surface area contributed by atoms with E-state index in [-0.39, 0.29) is 5.91 Å². The monoisotopic (exact) mass is 350 g/mol. The molecule has 0 aliphatic carbocycles. The minimum atomic E-state index is 0.189. The molecule has 1 N–H and O–H groups in total. The van der Waals surface area contributed by atoms with E-state index < -0.39 is 0 Å². The third-order valence-electron chi connectivity index (χ3n) is 4.91. The molecule has 2 aliphatic rings. The van der Waals surface area contributed by atoms with Crippen molar-refractivity contribution >= 4 is 21.8 Å². The number of aryl methyl sites for hydroxylation is 1. The largest absolute Gasteiger partial charge is 0.336 e. The van der Waals surface area contributed by atoms with Crippen molar-refractivity contribution in [2.45, 2.75) is 57.7 Å². The molecule has 0 spiro atoms. The molecule has 21 heavy (non-hydrogen) atoms.